The van der Waals surface area contributed by atoms with Crippen molar-refractivity contribution < 1.29 is 22.7 Å². The maximum absolute atomic E-state index is 11.9. The van der Waals surface area contributed by atoms with Gasteiger partial charge in [0.05, 0.1) is 11.5 Å². The number of hydrogen-bond donors (Lipinski definition) is 0. The minimum absolute atomic E-state index is 0.0446. The molecule has 5 nitrogen and oxygen atoms in total. The van der Waals surface area contributed by atoms with Crippen LogP contribution in [0.25, 0.3) is 0 Å². The largest absolute Gasteiger partial charge is 0.454 e. The van der Waals surface area contributed by atoms with E-state index in [2.05, 4.69) is 0 Å². The van der Waals surface area contributed by atoms with E-state index in [0.29, 0.717) is 22.8 Å². The third kappa shape index (κ3) is 4.14. The molecule has 0 bridgehead atoms. The smallest absolute Gasteiger partial charge is 0.231 e. The third-order valence-corrected chi connectivity index (χ3v) is 4.69. The zero-order valence-corrected chi connectivity index (χ0v) is 12.1. The number of fused-ring (bicyclic) bond motifs is 1. The van der Waals surface area contributed by atoms with Gasteiger partial charge in [0, 0.05) is 17.6 Å². The van der Waals surface area contributed by atoms with Crippen LogP contribution in [0.5, 0.6) is 11.5 Å². The molecule has 0 N–H and O–H groups in total. The van der Waals surface area contributed by atoms with Crippen LogP contribution in [0.15, 0.2) is 18.2 Å². The first kappa shape index (κ1) is 14.2. The number of carbonyl (C=O) groups excluding carboxylic acids is 1. The highest BCUT2D eigenvalue weighted by Crippen LogP contribution is 2.32. The number of carbonyl (C=O) groups is 1. The molecule has 0 fully saturated rings. The molecular weight excluding hydrogens is 288 g/mol. The molecule has 0 unspecified atom stereocenters. The van der Waals surface area contributed by atoms with E-state index in [1.54, 1.807) is 18.2 Å². The molecule has 1 aliphatic rings. The zero-order chi connectivity index (χ0) is 13.9. The normalized spacial score (nSPS) is 13.5. The SMILES string of the molecule is CS(=O)(=O)CCSCC(=O)c1ccc2c(c1)OCO2. The average Bonchev–Trinajstić information content (AvgIpc) is 2.80. The fourth-order valence-corrected chi connectivity index (χ4v) is 3.71. The molecular formula is C12H14O5S2. The van der Waals surface area contributed by atoms with Crippen LogP contribution >= 0.6 is 11.8 Å². The Labute approximate surface area is 116 Å². The summed E-state index contributed by atoms with van der Waals surface area (Å²) in [5.41, 5.74) is 0.552. The van der Waals surface area contributed by atoms with Crippen LogP contribution in [0.4, 0.5) is 0 Å². The topological polar surface area (TPSA) is 69.7 Å². The van der Waals surface area contributed by atoms with Crippen LogP contribution in [0.2, 0.25) is 0 Å². The molecule has 19 heavy (non-hydrogen) atoms. The van der Waals surface area contributed by atoms with Crippen molar-refractivity contribution in [3.8, 4) is 11.5 Å². The van der Waals surface area contributed by atoms with Crippen molar-refractivity contribution in [2.45, 2.75) is 0 Å². The van der Waals surface area contributed by atoms with Gasteiger partial charge in [0.15, 0.2) is 17.3 Å². The number of ketones is 1. The second kappa shape index (κ2) is 5.83. The highest BCUT2D eigenvalue weighted by atomic mass is 32.2. The molecule has 0 spiro atoms. The number of thioether (sulfide) groups is 1. The van der Waals surface area contributed by atoms with Gasteiger partial charge in [0.1, 0.15) is 9.84 Å². The van der Waals surface area contributed by atoms with E-state index < -0.39 is 9.84 Å². The Morgan fingerprint density at radius 3 is 2.79 bits per heavy atom. The van der Waals surface area contributed by atoms with Crippen molar-refractivity contribution in [2.24, 2.45) is 0 Å². The van der Waals surface area contributed by atoms with Gasteiger partial charge in [0.25, 0.3) is 0 Å². The van der Waals surface area contributed by atoms with Gasteiger partial charge in [-0.3, -0.25) is 4.79 Å². The van der Waals surface area contributed by atoms with E-state index in [1.165, 1.54) is 18.0 Å². The van der Waals surface area contributed by atoms with Gasteiger partial charge in [-0.1, -0.05) is 0 Å². The van der Waals surface area contributed by atoms with Crippen LogP contribution in [0, 0.1) is 0 Å². The van der Waals surface area contributed by atoms with Crippen LogP contribution in [-0.2, 0) is 9.84 Å². The standard InChI is InChI=1S/C12H14O5S2/c1-19(14,15)5-4-18-7-10(13)9-2-3-11-12(6-9)17-8-16-11/h2-3,6H,4-5,7-8H2,1H3. The maximum atomic E-state index is 11.9. The Bertz CT molecular complexity index is 580. The van der Waals surface area contributed by atoms with Crippen molar-refractivity contribution >= 4 is 27.4 Å². The van der Waals surface area contributed by atoms with Gasteiger partial charge in [-0.15, -0.1) is 0 Å². The van der Waals surface area contributed by atoms with Crippen LogP contribution < -0.4 is 9.47 Å². The molecule has 7 heteroatoms. The summed E-state index contributed by atoms with van der Waals surface area (Å²) >= 11 is 1.32. The highest BCUT2D eigenvalue weighted by Gasteiger charge is 2.16. The monoisotopic (exact) mass is 302 g/mol. The van der Waals surface area contributed by atoms with Crippen LogP contribution in [0.1, 0.15) is 10.4 Å². The fraction of sp³-hybridized carbons (Fsp3) is 0.417. The molecule has 0 aromatic heterocycles. The van der Waals surface area contributed by atoms with Crippen molar-refractivity contribution in [3.63, 3.8) is 0 Å². The summed E-state index contributed by atoms with van der Waals surface area (Å²) in [7, 11) is -2.96. The lowest BCUT2D eigenvalue weighted by atomic mass is 10.1. The van der Waals surface area contributed by atoms with Crippen LogP contribution in [0.3, 0.4) is 0 Å². The summed E-state index contributed by atoms with van der Waals surface area (Å²) in [5.74, 6) is 1.95. The Kier molecular flexibility index (Phi) is 4.36. The average molecular weight is 302 g/mol. The van der Waals surface area contributed by atoms with Gasteiger partial charge in [-0.2, -0.15) is 11.8 Å². The molecule has 0 aliphatic carbocycles. The molecule has 104 valence electrons. The molecule has 1 heterocycles. The van der Waals surface area contributed by atoms with Gasteiger partial charge < -0.3 is 9.47 Å². The van der Waals surface area contributed by atoms with E-state index in [0.717, 1.165) is 0 Å². The Morgan fingerprint density at radius 2 is 2.05 bits per heavy atom. The van der Waals surface area contributed by atoms with Crippen molar-refractivity contribution in [1.82, 2.24) is 0 Å². The van der Waals surface area contributed by atoms with Gasteiger partial charge in [-0.25, -0.2) is 8.42 Å². The van der Waals surface area contributed by atoms with Gasteiger partial charge >= 0.3 is 0 Å². The summed E-state index contributed by atoms with van der Waals surface area (Å²) in [6, 6.07) is 5.05. The van der Waals surface area contributed by atoms with Gasteiger partial charge in [-0.05, 0) is 18.2 Å². The first-order valence-electron chi connectivity index (χ1n) is 5.64. The lowest BCUT2D eigenvalue weighted by molar-refractivity contribution is 0.102. The molecule has 0 amide bonds. The number of hydrogen-bond acceptors (Lipinski definition) is 6. The Balaban J connectivity index is 1.87. The molecule has 0 radical (unpaired) electrons. The molecule has 0 atom stereocenters. The van der Waals surface area contributed by atoms with E-state index in [4.69, 9.17) is 9.47 Å². The lowest BCUT2D eigenvalue weighted by Gasteiger charge is -2.02. The van der Waals surface area contributed by atoms with E-state index >= 15 is 0 Å². The van der Waals surface area contributed by atoms with Crippen LogP contribution in [-0.4, -0.2) is 44.5 Å². The molecule has 1 aromatic carbocycles. The Morgan fingerprint density at radius 1 is 1.32 bits per heavy atom. The second-order valence-corrected chi connectivity index (χ2v) is 7.54. The summed E-state index contributed by atoms with van der Waals surface area (Å²) in [6.07, 6.45) is 1.19. The zero-order valence-electron chi connectivity index (χ0n) is 10.4. The van der Waals surface area contributed by atoms with E-state index in [9.17, 15) is 13.2 Å². The third-order valence-electron chi connectivity index (χ3n) is 2.53. The molecule has 2 rings (SSSR count). The predicted octanol–water partition coefficient (Wildman–Crippen LogP) is 1.38. The van der Waals surface area contributed by atoms with Crippen molar-refractivity contribution in [2.75, 3.05) is 30.3 Å². The van der Waals surface area contributed by atoms with E-state index in [1.807, 2.05) is 0 Å². The maximum Gasteiger partial charge on any atom is 0.231 e. The number of ether oxygens (including phenoxy) is 2. The number of Topliss-reactive ketones (excluding diaryl/α,β-unsaturated/α-hetero) is 1. The first-order valence-corrected chi connectivity index (χ1v) is 8.85. The predicted molar refractivity (Wildman–Crippen MR) is 73.9 cm³/mol. The molecule has 0 saturated carbocycles. The summed E-state index contributed by atoms with van der Waals surface area (Å²) in [4.78, 5) is 11.9. The minimum atomic E-state index is -2.96. The quantitative estimate of drug-likeness (QED) is 0.584. The lowest BCUT2D eigenvalue weighted by Crippen LogP contribution is -2.08. The summed E-state index contributed by atoms with van der Waals surface area (Å²) < 4.78 is 32.3. The summed E-state index contributed by atoms with van der Waals surface area (Å²) in [5, 5.41) is 0. The molecule has 0 saturated heterocycles. The van der Waals surface area contributed by atoms with Gasteiger partial charge in [0.2, 0.25) is 6.79 Å². The minimum Gasteiger partial charge on any atom is -0.454 e. The summed E-state index contributed by atoms with van der Waals surface area (Å²) in [6.45, 7) is 0.177. The van der Waals surface area contributed by atoms with Crippen molar-refractivity contribution in [1.29, 1.82) is 0 Å². The number of benzene rings is 1. The number of rotatable bonds is 6. The second-order valence-electron chi connectivity index (χ2n) is 4.17. The fourth-order valence-electron chi connectivity index (χ4n) is 1.53. The first-order chi connectivity index (χ1) is 8.96. The number of sulfone groups is 1. The molecule has 1 aliphatic heterocycles. The van der Waals surface area contributed by atoms with Crippen molar-refractivity contribution in [3.05, 3.63) is 23.8 Å². The molecule has 1 aromatic rings. The highest BCUT2D eigenvalue weighted by molar-refractivity contribution is 8.01. The Hall–Kier alpha value is -1.21. The van der Waals surface area contributed by atoms with E-state index in [-0.39, 0.29) is 24.1 Å².